The first kappa shape index (κ1) is 23.9. The average molecular weight is 467 g/mol. The van der Waals surface area contributed by atoms with Crippen LogP contribution in [-0.2, 0) is 16.1 Å². The van der Waals surface area contributed by atoms with E-state index in [0.29, 0.717) is 0 Å². The lowest BCUT2D eigenvalue weighted by Crippen LogP contribution is -2.42. The number of anilines is 2. The third kappa shape index (κ3) is 5.18. The van der Waals surface area contributed by atoms with E-state index in [-0.39, 0.29) is 35.8 Å². The molecule has 1 heterocycles. The Morgan fingerprint density at radius 3 is 2.35 bits per heavy atom. The third-order valence-electron chi connectivity index (χ3n) is 4.93. The first-order valence-electron chi connectivity index (χ1n) is 10.1. The predicted octanol–water partition coefficient (Wildman–Crippen LogP) is 1.29. The van der Waals surface area contributed by atoms with E-state index < -0.39 is 34.7 Å². The fraction of sp³-hybridized carbons (Fsp3) is 0.182. The van der Waals surface area contributed by atoms with E-state index in [1.54, 1.807) is 31.2 Å². The number of carbonyl (C=O) groups excluding carboxylic acids is 2. The number of nitrogen functional groups attached to an aromatic ring is 1. The van der Waals surface area contributed by atoms with E-state index in [1.807, 2.05) is 6.07 Å². The fourth-order valence-corrected chi connectivity index (χ4v) is 3.23. The number of ether oxygens (including phenoxy) is 1. The Hall–Kier alpha value is -4.74. The van der Waals surface area contributed by atoms with Crippen LogP contribution in [0.25, 0.3) is 0 Å². The highest BCUT2D eigenvalue weighted by molar-refractivity contribution is 5.98. The molecule has 0 spiro atoms. The number of amides is 1. The van der Waals surface area contributed by atoms with Crippen LogP contribution >= 0.6 is 0 Å². The van der Waals surface area contributed by atoms with Crippen LogP contribution in [0.2, 0.25) is 0 Å². The van der Waals surface area contributed by atoms with Crippen LogP contribution in [0.5, 0.6) is 0 Å². The minimum Gasteiger partial charge on any atom is -0.452 e. The number of nitro benzene ring substituents is 1. The molecule has 176 valence electrons. The zero-order valence-corrected chi connectivity index (χ0v) is 18.1. The maximum Gasteiger partial charge on any atom is 0.338 e. The molecular weight excluding hydrogens is 446 g/mol. The van der Waals surface area contributed by atoms with Gasteiger partial charge in [0.2, 0.25) is 0 Å². The smallest absolute Gasteiger partial charge is 0.338 e. The molecule has 1 aromatic heterocycles. The molecule has 0 aliphatic heterocycles. The molecule has 34 heavy (non-hydrogen) atoms. The zero-order chi connectivity index (χ0) is 24.8. The van der Waals surface area contributed by atoms with Crippen molar-refractivity contribution < 1.29 is 19.2 Å². The maximum absolute atomic E-state index is 12.8. The number of aromatic amines is 1. The Morgan fingerprint density at radius 2 is 1.76 bits per heavy atom. The van der Waals surface area contributed by atoms with E-state index in [1.165, 1.54) is 12.1 Å². The van der Waals surface area contributed by atoms with Gasteiger partial charge in [0.15, 0.2) is 12.3 Å². The number of non-ortho nitro benzene ring substituents is 1. The van der Waals surface area contributed by atoms with Crippen LogP contribution in [0.1, 0.15) is 22.8 Å². The Balaban J connectivity index is 1.81. The van der Waals surface area contributed by atoms with Gasteiger partial charge in [-0.05, 0) is 24.6 Å². The summed E-state index contributed by atoms with van der Waals surface area (Å²) in [5.74, 6) is -1.84. The summed E-state index contributed by atoms with van der Waals surface area (Å²) in [5, 5.41) is 10.7. The number of rotatable bonds is 8. The molecule has 0 radical (unpaired) electrons. The lowest BCUT2D eigenvalue weighted by molar-refractivity contribution is -0.384. The average Bonchev–Trinajstić information content (AvgIpc) is 2.83. The summed E-state index contributed by atoms with van der Waals surface area (Å²) in [6.45, 7) is 0.933. The molecule has 2 aromatic carbocycles. The van der Waals surface area contributed by atoms with Crippen LogP contribution in [0.3, 0.4) is 0 Å². The molecule has 0 saturated carbocycles. The van der Waals surface area contributed by atoms with Gasteiger partial charge in [0.25, 0.3) is 17.2 Å². The van der Waals surface area contributed by atoms with E-state index in [0.717, 1.165) is 27.2 Å². The van der Waals surface area contributed by atoms with Gasteiger partial charge in [0.05, 0.1) is 17.0 Å². The number of H-pyrrole nitrogens is 1. The molecule has 12 nitrogen and oxygen atoms in total. The summed E-state index contributed by atoms with van der Waals surface area (Å²) in [6, 6.07) is 13.6. The van der Waals surface area contributed by atoms with Gasteiger partial charge in [-0.25, -0.2) is 9.59 Å². The second-order valence-corrected chi connectivity index (χ2v) is 7.08. The Morgan fingerprint density at radius 1 is 1.12 bits per heavy atom. The number of nitro groups is 1. The van der Waals surface area contributed by atoms with Crippen molar-refractivity contribution in [2.75, 3.05) is 23.8 Å². The second-order valence-electron chi connectivity index (χ2n) is 7.08. The summed E-state index contributed by atoms with van der Waals surface area (Å²) in [6.07, 6.45) is 0. The molecule has 1 amide bonds. The maximum atomic E-state index is 12.8. The number of esters is 1. The lowest BCUT2D eigenvalue weighted by atomic mass is 10.2. The van der Waals surface area contributed by atoms with Gasteiger partial charge in [0, 0.05) is 18.7 Å². The molecule has 0 fully saturated rings. The predicted molar refractivity (Wildman–Crippen MR) is 123 cm³/mol. The molecule has 0 aliphatic carbocycles. The normalized spacial score (nSPS) is 10.5. The van der Waals surface area contributed by atoms with Crippen molar-refractivity contribution >= 4 is 29.1 Å². The molecule has 0 unspecified atom stereocenters. The highest BCUT2D eigenvalue weighted by Crippen LogP contribution is 2.18. The second kappa shape index (κ2) is 10.3. The van der Waals surface area contributed by atoms with Gasteiger partial charge in [-0.1, -0.05) is 30.3 Å². The lowest BCUT2D eigenvalue weighted by Gasteiger charge is -2.23. The quantitative estimate of drug-likeness (QED) is 0.283. The first-order chi connectivity index (χ1) is 16.2. The number of nitrogens with zero attached hydrogens (tertiary/aromatic N) is 3. The number of hydrogen-bond acceptors (Lipinski definition) is 8. The number of benzene rings is 2. The van der Waals surface area contributed by atoms with Crippen LogP contribution in [0.15, 0.2) is 64.2 Å². The van der Waals surface area contributed by atoms with Crippen LogP contribution < -0.4 is 21.9 Å². The molecule has 0 bridgehead atoms. The molecule has 12 heteroatoms. The topological polar surface area (TPSA) is 171 Å². The summed E-state index contributed by atoms with van der Waals surface area (Å²) < 4.78 is 6.13. The molecule has 0 saturated heterocycles. The van der Waals surface area contributed by atoms with E-state index in [2.05, 4.69) is 4.98 Å². The van der Waals surface area contributed by atoms with Gasteiger partial charge in [-0.2, -0.15) is 0 Å². The number of nitrogens with two attached hydrogens (primary N) is 1. The number of nitrogens with one attached hydrogen (secondary N) is 1. The van der Waals surface area contributed by atoms with Crippen molar-refractivity contribution in [2.24, 2.45) is 0 Å². The number of hydrogen-bond donors (Lipinski definition) is 2. The van der Waals surface area contributed by atoms with E-state index in [4.69, 9.17) is 10.5 Å². The summed E-state index contributed by atoms with van der Waals surface area (Å²) >= 11 is 0. The molecule has 3 N–H and O–H groups in total. The Kier molecular flexibility index (Phi) is 7.21. The van der Waals surface area contributed by atoms with Gasteiger partial charge in [-0.15, -0.1) is 0 Å². The minimum absolute atomic E-state index is 0.00470. The monoisotopic (exact) mass is 467 g/mol. The van der Waals surface area contributed by atoms with E-state index in [9.17, 15) is 29.3 Å². The minimum atomic E-state index is -0.879. The largest absolute Gasteiger partial charge is 0.452 e. The first-order valence-corrected chi connectivity index (χ1v) is 10.1. The van der Waals surface area contributed by atoms with Crippen LogP contribution in [0, 0.1) is 10.1 Å². The molecule has 0 aliphatic rings. The van der Waals surface area contributed by atoms with Crippen molar-refractivity contribution in [3.8, 4) is 0 Å². The summed E-state index contributed by atoms with van der Waals surface area (Å²) in [4.78, 5) is 63.1. The third-order valence-corrected chi connectivity index (χ3v) is 4.93. The fourth-order valence-electron chi connectivity index (χ4n) is 3.23. The van der Waals surface area contributed by atoms with Gasteiger partial charge in [0.1, 0.15) is 5.82 Å². The van der Waals surface area contributed by atoms with Gasteiger partial charge in [-0.3, -0.25) is 29.3 Å². The highest BCUT2D eigenvalue weighted by Gasteiger charge is 2.24. The van der Waals surface area contributed by atoms with Crippen molar-refractivity contribution in [2.45, 2.75) is 13.5 Å². The van der Waals surface area contributed by atoms with Gasteiger partial charge >= 0.3 is 11.7 Å². The molecule has 0 atom stereocenters. The van der Waals surface area contributed by atoms with Crippen molar-refractivity contribution in [3.63, 3.8) is 0 Å². The highest BCUT2D eigenvalue weighted by atomic mass is 16.6. The molecule has 3 rings (SSSR count). The van der Waals surface area contributed by atoms with Crippen molar-refractivity contribution in [1.82, 2.24) is 9.55 Å². The van der Waals surface area contributed by atoms with Gasteiger partial charge < -0.3 is 15.4 Å². The van der Waals surface area contributed by atoms with Crippen molar-refractivity contribution in [3.05, 3.63) is 96.7 Å². The number of carbonyl (C=O) groups is 2. The Bertz CT molecular complexity index is 1330. The van der Waals surface area contributed by atoms with Crippen LogP contribution in [0.4, 0.5) is 17.2 Å². The van der Waals surface area contributed by atoms with E-state index >= 15 is 0 Å². The van der Waals surface area contributed by atoms with Crippen LogP contribution in [-0.4, -0.2) is 39.5 Å². The zero-order valence-electron chi connectivity index (χ0n) is 18.1. The number of aromatic nitrogens is 2. The SMILES string of the molecule is CCN(C(=O)COC(=O)c1ccc([N+](=O)[O-])cc1)c1c(N)n(Cc2ccccc2)c(=O)[nH]c1=O. The summed E-state index contributed by atoms with van der Waals surface area (Å²) in [5.41, 5.74) is 4.84. The molecular formula is C22H21N5O7. The standard InChI is InChI=1S/C22H21N5O7/c1-2-25(17(28)13-34-21(30)15-8-10-16(11-9-15)27(32)33)18-19(23)26(22(31)24-20(18)29)12-14-6-4-3-5-7-14/h3-11H,2,12-13,23H2,1H3,(H,24,29,31). The Labute approximate surface area is 192 Å². The molecule has 3 aromatic rings. The number of likely N-dealkylation sites (N-methyl/N-ethyl adjacent to an activating group) is 1. The summed E-state index contributed by atoms with van der Waals surface area (Å²) in [7, 11) is 0. The van der Waals surface area contributed by atoms with Crippen molar-refractivity contribution in [1.29, 1.82) is 0 Å².